The number of benzene rings is 1. The number of hydrogen-bond donors (Lipinski definition) is 3. The standard InChI is InChI=1S/C25H28N8O4/c1-31-20(24-27-18-4-2-3-5-19(18)28-24)14-21(30-31)29-25(36)17-6-7-22(26-15-17)32-8-10-33(11-9-32)23(35)16-37-13-12-34/h2-7,14-15,34H,8-13,16H2,1H3,(H,27,28)(H,29,30,36). The molecule has 1 aliphatic rings. The van der Waals surface area contributed by atoms with E-state index in [0.29, 0.717) is 43.4 Å². The van der Waals surface area contributed by atoms with E-state index >= 15 is 0 Å². The van der Waals surface area contributed by atoms with E-state index in [1.807, 2.05) is 24.3 Å². The Morgan fingerprint density at radius 3 is 2.68 bits per heavy atom. The van der Waals surface area contributed by atoms with Crippen LogP contribution in [0.15, 0.2) is 48.7 Å². The van der Waals surface area contributed by atoms with Crippen LogP contribution in [0, 0.1) is 0 Å². The fourth-order valence-electron chi connectivity index (χ4n) is 4.22. The number of amides is 2. The van der Waals surface area contributed by atoms with E-state index in [0.717, 1.165) is 22.5 Å². The van der Waals surface area contributed by atoms with E-state index in [2.05, 4.69) is 30.3 Å². The number of ether oxygens (including phenoxy) is 1. The van der Waals surface area contributed by atoms with Gasteiger partial charge in [-0.1, -0.05) is 12.1 Å². The van der Waals surface area contributed by atoms with Gasteiger partial charge in [0.25, 0.3) is 5.91 Å². The lowest BCUT2D eigenvalue weighted by Crippen LogP contribution is -2.50. The van der Waals surface area contributed by atoms with E-state index in [9.17, 15) is 9.59 Å². The predicted octanol–water partition coefficient (Wildman–Crippen LogP) is 1.27. The Kier molecular flexibility index (Phi) is 7.10. The van der Waals surface area contributed by atoms with Crippen molar-refractivity contribution in [2.24, 2.45) is 7.05 Å². The van der Waals surface area contributed by atoms with E-state index in [4.69, 9.17) is 9.84 Å². The van der Waals surface area contributed by atoms with Crippen LogP contribution < -0.4 is 10.2 Å². The van der Waals surface area contributed by atoms with Crippen LogP contribution >= 0.6 is 0 Å². The number of nitrogens with zero attached hydrogens (tertiary/aromatic N) is 6. The summed E-state index contributed by atoms with van der Waals surface area (Å²) in [5.41, 5.74) is 2.94. The molecule has 12 nitrogen and oxygen atoms in total. The Balaban J connectivity index is 1.18. The molecule has 2 amide bonds. The van der Waals surface area contributed by atoms with E-state index in [-0.39, 0.29) is 31.6 Å². The van der Waals surface area contributed by atoms with Gasteiger partial charge in [-0.05, 0) is 24.3 Å². The molecule has 12 heteroatoms. The number of anilines is 2. The van der Waals surface area contributed by atoms with E-state index in [1.54, 1.807) is 34.8 Å². The maximum Gasteiger partial charge on any atom is 0.258 e. The van der Waals surface area contributed by atoms with Crippen LogP contribution in [0.25, 0.3) is 22.6 Å². The number of carbonyl (C=O) groups excluding carboxylic acids is 2. The molecule has 5 rings (SSSR count). The number of H-pyrrole nitrogens is 1. The average molecular weight is 505 g/mol. The van der Waals surface area contributed by atoms with Gasteiger partial charge in [-0.2, -0.15) is 5.10 Å². The summed E-state index contributed by atoms with van der Waals surface area (Å²) in [7, 11) is 1.80. The fourth-order valence-corrected chi connectivity index (χ4v) is 4.22. The Labute approximate surface area is 212 Å². The molecule has 4 heterocycles. The van der Waals surface area contributed by atoms with Crippen molar-refractivity contribution in [2.75, 3.05) is 56.2 Å². The average Bonchev–Trinajstić information content (AvgIpc) is 3.51. The number of aromatic nitrogens is 5. The fraction of sp³-hybridized carbons (Fsp3) is 0.320. The number of carbonyl (C=O) groups is 2. The van der Waals surface area contributed by atoms with Gasteiger partial charge in [0.15, 0.2) is 11.6 Å². The number of hydrogen-bond acceptors (Lipinski definition) is 8. The minimum Gasteiger partial charge on any atom is -0.394 e. The van der Waals surface area contributed by atoms with Gasteiger partial charge in [0, 0.05) is 45.5 Å². The molecule has 0 saturated carbocycles. The molecule has 192 valence electrons. The summed E-state index contributed by atoms with van der Waals surface area (Å²) >= 11 is 0. The third-order valence-corrected chi connectivity index (χ3v) is 6.18. The maximum atomic E-state index is 12.8. The molecule has 4 aromatic rings. The summed E-state index contributed by atoms with van der Waals surface area (Å²) in [5, 5.41) is 16.0. The summed E-state index contributed by atoms with van der Waals surface area (Å²) in [6.45, 7) is 2.38. The molecule has 0 bridgehead atoms. The number of imidazole rings is 1. The first kappa shape index (κ1) is 24.4. The molecule has 0 spiro atoms. The van der Waals surface area contributed by atoms with Crippen LogP contribution in [0.5, 0.6) is 0 Å². The van der Waals surface area contributed by atoms with Gasteiger partial charge in [-0.25, -0.2) is 9.97 Å². The first-order valence-corrected chi connectivity index (χ1v) is 12.0. The lowest BCUT2D eigenvalue weighted by Gasteiger charge is -2.35. The zero-order valence-corrected chi connectivity index (χ0v) is 20.4. The zero-order valence-electron chi connectivity index (χ0n) is 20.4. The highest BCUT2D eigenvalue weighted by Gasteiger charge is 2.22. The monoisotopic (exact) mass is 504 g/mol. The largest absolute Gasteiger partial charge is 0.394 e. The number of fused-ring (bicyclic) bond motifs is 1. The normalized spacial score (nSPS) is 13.8. The zero-order chi connectivity index (χ0) is 25.8. The molecule has 37 heavy (non-hydrogen) atoms. The molecule has 1 fully saturated rings. The van der Waals surface area contributed by atoms with Gasteiger partial charge in [0.2, 0.25) is 5.91 Å². The van der Waals surface area contributed by atoms with Gasteiger partial charge < -0.3 is 29.9 Å². The number of rotatable bonds is 8. The maximum absolute atomic E-state index is 12.8. The van der Waals surface area contributed by atoms with Crippen molar-refractivity contribution in [1.29, 1.82) is 0 Å². The highest BCUT2D eigenvalue weighted by atomic mass is 16.5. The van der Waals surface area contributed by atoms with Crippen LogP contribution in [-0.2, 0) is 16.6 Å². The Hall–Kier alpha value is -4.29. The summed E-state index contributed by atoms with van der Waals surface area (Å²) < 4.78 is 6.78. The van der Waals surface area contributed by atoms with Gasteiger partial charge in [-0.15, -0.1) is 0 Å². The molecule has 0 aliphatic carbocycles. The third kappa shape index (κ3) is 5.44. The highest BCUT2D eigenvalue weighted by molar-refractivity contribution is 6.03. The van der Waals surface area contributed by atoms with Gasteiger partial charge >= 0.3 is 0 Å². The lowest BCUT2D eigenvalue weighted by atomic mass is 10.2. The van der Waals surface area contributed by atoms with Gasteiger partial charge in [0.1, 0.15) is 18.1 Å². The quantitative estimate of drug-likeness (QED) is 0.305. The van der Waals surface area contributed by atoms with Crippen molar-refractivity contribution in [3.05, 3.63) is 54.2 Å². The van der Waals surface area contributed by atoms with Crippen LogP contribution in [0.4, 0.5) is 11.6 Å². The number of pyridine rings is 1. The van der Waals surface area contributed by atoms with Crippen molar-refractivity contribution in [1.82, 2.24) is 29.6 Å². The SMILES string of the molecule is Cn1nc(NC(=O)c2ccc(N3CCN(C(=O)COCCO)CC3)nc2)cc1-c1nc2ccccc2[nH]1. The topological polar surface area (TPSA) is 142 Å². The molecule has 3 aromatic heterocycles. The molecule has 0 radical (unpaired) electrons. The van der Waals surface area contributed by atoms with Gasteiger partial charge in [-0.3, -0.25) is 14.3 Å². The number of aromatic amines is 1. The number of aryl methyl sites for hydroxylation is 1. The van der Waals surface area contributed by atoms with Gasteiger partial charge in [0.05, 0.1) is 29.8 Å². The Bertz CT molecular complexity index is 1360. The summed E-state index contributed by atoms with van der Waals surface area (Å²) in [4.78, 5) is 41.1. The highest BCUT2D eigenvalue weighted by Crippen LogP contribution is 2.23. The predicted molar refractivity (Wildman–Crippen MR) is 137 cm³/mol. The molecule has 3 N–H and O–H groups in total. The summed E-state index contributed by atoms with van der Waals surface area (Å²) in [5.74, 6) is 1.42. The number of para-hydroxylation sites is 2. The summed E-state index contributed by atoms with van der Waals surface area (Å²) in [6, 6.07) is 13.1. The molecule has 1 saturated heterocycles. The van der Waals surface area contributed by atoms with Crippen LogP contribution in [0.1, 0.15) is 10.4 Å². The van der Waals surface area contributed by atoms with Crippen LogP contribution in [0.2, 0.25) is 0 Å². The molecule has 1 aliphatic heterocycles. The van der Waals surface area contributed by atoms with E-state index in [1.165, 1.54) is 6.20 Å². The summed E-state index contributed by atoms with van der Waals surface area (Å²) in [6.07, 6.45) is 1.54. The minimum absolute atomic E-state index is 0.0291. The number of piperazine rings is 1. The molecular formula is C25H28N8O4. The number of nitrogens with one attached hydrogen (secondary N) is 2. The van der Waals surface area contributed by atoms with Crippen molar-refractivity contribution in [3.8, 4) is 11.5 Å². The Morgan fingerprint density at radius 1 is 1.14 bits per heavy atom. The van der Waals surface area contributed by atoms with Crippen molar-refractivity contribution in [3.63, 3.8) is 0 Å². The van der Waals surface area contributed by atoms with Crippen LogP contribution in [0.3, 0.4) is 0 Å². The smallest absolute Gasteiger partial charge is 0.258 e. The number of aliphatic hydroxyl groups excluding tert-OH is 1. The van der Waals surface area contributed by atoms with Crippen molar-refractivity contribution < 1.29 is 19.4 Å². The lowest BCUT2D eigenvalue weighted by molar-refractivity contribution is -0.136. The third-order valence-electron chi connectivity index (χ3n) is 6.18. The van der Waals surface area contributed by atoms with Crippen LogP contribution in [-0.4, -0.2) is 92.6 Å². The molecular weight excluding hydrogens is 476 g/mol. The first-order chi connectivity index (χ1) is 18.0. The van der Waals surface area contributed by atoms with Crippen molar-refractivity contribution >= 4 is 34.5 Å². The molecule has 0 atom stereocenters. The molecule has 1 aromatic carbocycles. The Morgan fingerprint density at radius 2 is 1.95 bits per heavy atom. The second kappa shape index (κ2) is 10.8. The molecule has 0 unspecified atom stereocenters. The van der Waals surface area contributed by atoms with E-state index < -0.39 is 0 Å². The number of aliphatic hydroxyl groups is 1. The second-order valence-electron chi connectivity index (χ2n) is 8.64. The first-order valence-electron chi connectivity index (χ1n) is 12.0. The second-order valence-corrected chi connectivity index (χ2v) is 8.64. The van der Waals surface area contributed by atoms with Crippen molar-refractivity contribution in [2.45, 2.75) is 0 Å². The minimum atomic E-state index is -0.313.